The number of hydrogen-bond donors (Lipinski definition) is 0. The Morgan fingerprint density at radius 3 is 2.59 bits per heavy atom. The average Bonchev–Trinajstić information content (AvgIpc) is 3.60. The zero-order valence-corrected chi connectivity index (χ0v) is 22.8. The zero-order valence-electron chi connectivity index (χ0n) is 21.2. The standard InChI is InChI=1S/C28H29N3O4S2/c1-4-5-6-7-10-15-30-19-13-9-8-12-18(19)22(25(30)32)24-26(33)31-23(20-14-11-16-36-20)21(27(34)35-3)17(2)29-28(31)37-24/h8-9,11-14,16,23H,4-7,10,15H2,1-3H3/b24-22-. The molecule has 0 N–H and O–H groups in total. The van der Waals surface area contributed by atoms with E-state index in [1.807, 2.05) is 41.8 Å². The lowest BCUT2D eigenvalue weighted by molar-refractivity contribution is -0.136. The van der Waals surface area contributed by atoms with Crippen LogP contribution in [0, 0.1) is 0 Å². The highest BCUT2D eigenvalue weighted by Crippen LogP contribution is 2.36. The molecule has 2 aromatic heterocycles. The number of anilines is 1. The van der Waals surface area contributed by atoms with Gasteiger partial charge in [0.05, 0.1) is 29.6 Å². The summed E-state index contributed by atoms with van der Waals surface area (Å²) in [5.41, 5.74) is 2.54. The van der Waals surface area contributed by atoms with Gasteiger partial charge in [-0.05, 0) is 30.9 Å². The topological polar surface area (TPSA) is 81.0 Å². The fourth-order valence-corrected chi connectivity index (χ4v) is 7.01. The molecule has 37 heavy (non-hydrogen) atoms. The smallest absolute Gasteiger partial charge is 0.338 e. The van der Waals surface area contributed by atoms with Gasteiger partial charge in [0, 0.05) is 17.0 Å². The van der Waals surface area contributed by atoms with Crippen LogP contribution < -0.4 is 19.8 Å². The van der Waals surface area contributed by atoms with Gasteiger partial charge >= 0.3 is 5.97 Å². The molecule has 0 spiro atoms. The molecule has 9 heteroatoms. The molecule has 0 saturated carbocycles. The number of carbonyl (C=O) groups excluding carboxylic acids is 2. The summed E-state index contributed by atoms with van der Waals surface area (Å²) in [5, 5.41) is 1.91. The minimum absolute atomic E-state index is 0.154. The van der Waals surface area contributed by atoms with Gasteiger partial charge in [-0.1, -0.05) is 68.2 Å². The molecule has 1 unspecified atom stereocenters. The molecule has 2 aliphatic rings. The Bertz CT molecular complexity index is 1560. The fourth-order valence-electron chi connectivity index (χ4n) is 5.05. The maximum absolute atomic E-state index is 14.0. The summed E-state index contributed by atoms with van der Waals surface area (Å²) in [7, 11) is 1.33. The van der Waals surface area contributed by atoms with Gasteiger partial charge < -0.3 is 9.64 Å². The minimum atomic E-state index is -0.653. The molecule has 2 aliphatic heterocycles. The maximum Gasteiger partial charge on any atom is 0.338 e. The number of para-hydroxylation sites is 1. The number of nitrogens with zero attached hydrogens (tertiary/aromatic N) is 3. The number of unbranched alkanes of at least 4 members (excludes halogenated alkanes) is 4. The van der Waals surface area contributed by atoms with E-state index in [4.69, 9.17) is 4.74 Å². The number of ether oxygens (including phenoxy) is 1. The van der Waals surface area contributed by atoms with Crippen molar-refractivity contribution >= 4 is 45.8 Å². The Hall–Kier alpha value is -3.30. The van der Waals surface area contributed by atoms with Gasteiger partial charge in [-0.15, -0.1) is 11.3 Å². The monoisotopic (exact) mass is 535 g/mol. The summed E-state index contributed by atoms with van der Waals surface area (Å²) in [4.78, 5) is 48.3. The van der Waals surface area contributed by atoms with E-state index in [-0.39, 0.29) is 11.5 Å². The van der Waals surface area contributed by atoms with E-state index in [1.165, 1.54) is 42.6 Å². The summed E-state index contributed by atoms with van der Waals surface area (Å²) in [6, 6.07) is 10.8. The summed E-state index contributed by atoms with van der Waals surface area (Å²) in [6.07, 6.45) is 5.48. The predicted octanol–water partition coefficient (Wildman–Crippen LogP) is 4.16. The van der Waals surface area contributed by atoms with Crippen LogP contribution in [0.2, 0.25) is 0 Å². The van der Waals surface area contributed by atoms with Crippen LogP contribution in [0.4, 0.5) is 5.69 Å². The number of rotatable bonds is 8. The largest absolute Gasteiger partial charge is 0.466 e. The van der Waals surface area contributed by atoms with Gasteiger partial charge in [0.2, 0.25) is 0 Å². The maximum atomic E-state index is 14.0. The number of carbonyl (C=O) groups is 2. The Labute approximate surface area is 223 Å². The van der Waals surface area contributed by atoms with E-state index in [0.29, 0.717) is 32.7 Å². The van der Waals surface area contributed by atoms with Gasteiger partial charge in [0.1, 0.15) is 10.6 Å². The molecule has 0 bridgehead atoms. The lowest BCUT2D eigenvalue weighted by Gasteiger charge is -2.22. The van der Waals surface area contributed by atoms with Gasteiger partial charge in [-0.2, -0.15) is 0 Å². The van der Waals surface area contributed by atoms with Crippen molar-refractivity contribution in [1.82, 2.24) is 4.57 Å². The number of allylic oxidation sites excluding steroid dienone is 1. The third-order valence-corrected chi connectivity index (χ3v) is 8.83. The van der Waals surface area contributed by atoms with Crippen molar-refractivity contribution in [3.05, 3.63) is 83.2 Å². The molecule has 0 fully saturated rings. The number of amides is 1. The number of thiazole rings is 1. The van der Waals surface area contributed by atoms with E-state index in [9.17, 15) is 14.4 Å². The molecular weight excluding hydrogens is 506 g/mol. The number of methoxy groups -OCH3 is 1. The molecule has 0 saturated heterocycles. The lowest BCUT2D eigenvalue weighted by Crippen LogP contribution is -2.40. The first-order valence-electron chi connectivity index (χ1n) is 12.6. The Morgan fingerprint density at radius 1 is 1.08 bits per heavy atom. The van der Waals surface area contributed by atoms with Gasteiger partial charge in [0.25, 0.3) is 11.5 Å². The van der Waals surface area contributed by atoms with Crippen molar-refractivity contribution in [3.63, 3.8) is 0 Å². The van der Waals surface area contributed by atoms with Crippen molar-refractivity contribution in [1.29, 1.82) is 0 Å². The first-order chi connectivity index (χ1) is 18.0. The molecule has 5 rings (SSSR count). The summed E-state index contributed by atoms with van der Waals surface area (Å²) < 4.78 is 6.95. The second-order valence-corrected chi connectivity index (χ2v) is 11.1. The Balaban J connectivity index is 1.66. The van der Waals surface area contributed by atoms with E-state index in [0.717, 1.165) is 35.4 Å². The number of thiophene rings is 1. The Morgan fingerprint density at radius 2 is 1.86 bits per heavy atom. The van der Waals surface area contributed by atoms with Crippen LogP contribution in [0.15, 0.2) is 62.8 Å². The van der Waals surface area contributed by atoms with Crippen LogP contribution >= 0.6 is 22.7 Å². The third kappa shape index (κ3) is 4.40. The molecule has 1 atom stereocenters. The van der Waals surface area contributed by atoms with Crippen LogP contribution in [0.3, 0.4) is 0 Å². The van der Waals surface area contributed by atoms with Crippen LogP contribution in [-0.4, -0.2) is 30.1 Å². The molecule has 7 nitrogen and oxygen atoms in total. The number of benzene rings is 1. The molecule has 1 amide bonds. The van der Waals surface area contributed by atoms with Crippen LogP contribution in [0.25, 0.3) is 5.57 Å². The SMILES string of the molecule is CCCCCCCN1C(=O)/C(=c2\sc3n(c2=O)C(c2cccs2)C(C(=O)OC)=C(C)N=3)c2ccccc21. The second-order valence-electron chi connectivity index (χ2n) is 9.17. The highest BCUT2D eigenvalue weighted by Gasteiger charge is 2.37. The number of esters is 1. The first kappa shape index (κ1) is 25.4. The summed E-state index contributed by atoms with van der Waals surface area (Å²) >= 11 is 2.67. The molecule has 4 heterocycles. The molecule has 3 aromatic rings. The highest BCUT2D eigenvalue weighted by atomic mass is 32.1. The minimum Gasteiger partial charge on any atom is -0.466 e. The first-order valence-corrected chi connectivity index (χ1v) is 14.3. The van der Waals surface area contributed by atoms with Gasteiger partial charge in [-0.25, -0.2) is 9.79 Å². The van der Waals surface area contributed by atoms with Crippen molar-refractivity contribution in [2.24, 2.45) is 4.99 Å². The molecular formula is C28H29N3O4S2. The third-order valence-electron chi connectivity index (χ3n) is 6.85. The number of hydrogen-bond acceptors (Lipinski definition) is 7. The van der Waals surface area contributed by atoms with Crippen LogP contribution in [-0.2, 0) is 14.3 Å². The molecule has 192 valence electrons. The van der Waals surface area contributed by atoms with Crippen molar-refractivity contribution < 1.29 is 14.3 Å². The summed E-state index contributed by atoms with van der Waals surface area (Å²) in [6.45, 7) is 4.55. The average molecular weight is 536 g/mol. The normalized spacial score (nSPS) is 18.1. The van der Waals surface area contributed by atoms with Crippen molar-refractivity contribution in [3.8, 4) is 0 Å². The summed E-state index contributed by atoms with van der Waals surface area (Å²) in [5.74, 6) is -0.673. The molecule has 0 aliphatic carbocycles. The molecule has 0 radical (unpaired) electrons. The van der Waals surface area contributed by atoms with Crippen LogP contribution in [0.1, 0.15) is 62.4 Å². The van der Waals surface area contributed by atoms with E-state index in [1.54, 1.807) is 16.4 Å². The van der Waals surface area contributed by atoms with Crippen molar-refractivity contribution in [2.45, 2.75) is 52.0 Å². The second kappa shape index (κ2) is 10.6. The van der Waals surface area contributed by atoms with E-state index in [2.05, 4.69) is 11.9 Å². The lowest BCUT2D eigenvalue weighted by atomic mass is 10.0. The molecule has 1 aromatic carbocycles. The van der Waals surface area contributed by atoms with Crippen molar-refractivity contribution in [2.75, 3.05) is 18.6 Å². The highest BCUT2D eigenvalue weighted by molar-refractivity contribution is 7.10. The van der Waals surface area contributed by atoms with Gasteiger partial charge in [-0.3, -0.25) is 14.2 Å². The fraction of sp³-hybridized carbons (Fsp3) is 0.357. The van der Waals surface area contributed by atoms with E-state index >= 15 is 0 Å². The number of aromatic nitrogens is 1. The number of fused-ring (bicyclic) bond motifs is 2. The van der Waals surface area contributed by atoms with Gasteiger partial charge in [0.15, 0.2) is 4.80 Å². The van der Waals surface area contributed by atoms with Crippen LogP contribution in [0.5, 0.6) is 0 Å². The Kier molecular flexibility index (Phi) is 7.26. The zero-order chi connectivity index (χ0) is 26.1. The van der Waals surface area contributed by atoms with E-state index < -0.39 is 12.0 Å². The predicted molar refractivity (Wildman–Crippen MR) is 147 cm³/mol. The quantitative estimate of drug-likeness (QED) is 0.321.